The van der Waals surface area contributed by atoms with Gasteiger partial charge in [0, 0.05) is 22.8 Å². The highest BCUT2D eigenvalue weighted by Gasteiger charge is 2.09. The van der Waals surface area contributed by atoms with Crippen LogP contribution < -0.4 is 10.1 Å². The van der Waals surface area contributed by atoms with Gasteiger partial charge in [-0.15, -0.1) is 0 Å². The maximum atomic E-state index is 13.1. The second-order valence-electron chi connectivity index (χ2n) is 3.77. The van der Waals surface area contributed by atoms with Gasteiger partial charge in [0.25, 0.3) is 0 Å². The van der Waals surface area contributed by atoms with Gasteiger partial charge >= 0.3 is 0 Å². The number of rotatable bonds is 4. The van der Waals surface area contributed by atoms with Gasteiger partial charge in [0.15, 0.2) is 0 Å². The number of methoxy groups -OCH3 is 1. The molecule has 1 aromatic heterocycles. The van der Waals surface area contributed by atoms with Gasteiger partial charge in [0.1, 0.15) is 5.82 Å². The third-order valence-corrected chi connectivity index (χ3v) is 3.43. The van der Waals surface area contributed by atoms with E-state index in [9.17, 15) is 4.39 Å². The van der Waals surface area contributed by atoms with Gasteiger partial charge in [-0.2, -0.15) is 0 Å². The van der Waals surface area contributed by atoms with Crippen molar-refractivity contribution in [2.75, 3.05) is 12.4 Å². The van der Waals surface area contributed by atoms with E-state index >= 15 is 0 Å². The molecule has 0 unspecified atom stereocenters. The summed E-state index contributed by atoms with van der Waals surface area (Å²) in [5.74, 6) is 0.158. The van der Waals surface area contributed by atoms with Crippen molar-refractivity contribution in [3.8, 4) is 5.88 Å². The molecule has 6 heteroatoms. The number of ether oxygens (including phenoxy) is 1. The Bertz CT molecular complexity index is 572. The minimum absolute atomic E-state index is 0.315. The molecule has 0 spiro atoms. The standard InChI is InChI=1S/C13H11BrClFN2O/c1-19-13-8(3-2-4-17-13)7-18-12-10(14)5-9(16)6-11(12)15/h2-6,18H,7H2,1H3. The molecule has 1 heterocycles. The minimum Gasteiger partial charge on any atom is -0.481 e. The Morgan fingerprint density at radius 2 is 2.26 bits per heavy atom. The molecule has 100 valence electrons. The predicted octanol–water partition coefficient (Wildman–Crippen LogP) is 4.26. The second kappa shape index (κ2) is 6.21. The molecular weight excluding hydrogens is 335 g/mol. The Morgan fingerprint density at radius 3 is 2.95 bits per heavy atom. The zero-order valence-electron chi connectivity index (χ0n) is 10.1. The topological polar surface area (TPSA) is 34.1 Å². The third-order valence-electron chi connectivity index (χ3n) is 2.51. The van der Waals surface area contributed by atoms with E-state index in [1.54, 1.807) is 13.3 Å². The summed E-state index contributed by atoms with van der Waals surface area (Å²) in [6.45, 7) is 0.473. The van der Waals surface area contributed by atoms with Gasteiger partial charge in [-0.05, 0) is 34.1 Å². The zero-order chi connectivity index (χ0) is 13.8. The Morgan fingerprint density at radius 1 is 1.47 bits per heavy atom. The van der Waals surface area contributed by atoms with E-state index in [2.05, 4.69) is 26.2 Å². The van der Waals surface area contributed by atoms with Crippen molar-refractivity contribution >= 4 is 33.2 Å². The fourth-order valence-corrected chi connectivity index (χ4v) is 2.60. The van der Waals surface area contributed by atoms with E-state index in [0.717, 1.165) is 5.56 Å². The third kappa shape index (κ3) is 3.36. The van der Waals surface area contributed by atoms with Crippen LogP contribution in [-0.4, -0.2) is 12.1 Å². The molecule has 0 radical (unpaired) electrons. The summed E-state index contributed by atoms with van der Waals surface area (Å²) < 4.78 is 18.8. The van der Waals surface area contributed by atoms with Crippen molar-refractivity contribution in [1.82, 2.24) is 4.98 Å². The van der Waals surface area contributed by atoms with Crippen LogP contribution in [0.2, 0.25) is 5.02 Å². The largest absolute Gasteiger partial charge is 0.481 e. The van der Waals surface area contributed by atoms with Gasteiger partial charge in [-0.3, -0.25) is 0 Å². The van der Waals surface area contributed by atoms with Crippen molar-refractivity contribution in [3.63, 3.8) is 0 Å². The SMILES string of the molecule is COc1ncccc1CNc1c(Cl)cc(F)cc1Br. The Labute approximate surface area is 123 Å². The van der Waals surface area contributed by atoms with E-state index in [-0.39, 0.29) is 5.82 Å². The number of nitrogens with zero attached hydrogens (tertiary/aromatic N) is 1. The Kier molecular flexibility index (Phi) is 4.61. The first-order valence-electron chi connectivity index (χ1n) is 5.48. The molecule has 19 heavy (non-hydrogen) atoms. The summed E-state index contributed by atoms with van der Waals surface area (Å²) in [6.07, 6.45) is 1.66. The van der Waals surface area contributed by atoms with Crippen LogP contribution in [0.4, 0.5) is 10.1 Å². The minimum atomic E-state index is -0.388. The molecule has 3 nitrogen and oxygen atoms in total. The number of hydrogen-bond donors (Lipinski definition) is 1. The van der Waals surface area contributed by atoms with Crippen molar-refractivity contribution < 1.29 is 9.13 Å². The fraction of sp³-hybridized carbons (Fsp3) is 0.154. The van der Waals surface area contributed by atoms with Crippen LogP contribution in [0.15, 0.2) is 34.9 Å². The molecule has 0 amide bonds. The van der Waals surface area contributed by atoms with Crippen LogP contribution in [0.5, 0.6) is 5.88 Å². The number of nitrogens with one attached hydrogen (secondary N) is 1. The summed E-state index contributed by atoms with van der Waals surface area (Å²) in [4.78, 5) is 4.10. The van der Waals surface area contributed by atoms with E-state index in [1.165, 1.54) is 12.1 Å². The summed E-state index contributed by atoms with van der Waals surface area (Å²) in [5.41, 5.74) is 1.52. The summed E-state index contributed by atoms with van der Waals surface area (Å²) in [6, 6.07) is 6.33. The lowest BCUT2D eigenvalue weighted by atomic mass is 10.2. The fourth-order valence-electron chi connectivity index (χ4n) is 1.64. The van der Waals surface area contributed by atoms with Crippen LogP contribution in [0.3, 0.4) is 0 Å². The lowest BCUT2D eigenvalue weighted by Gasteiger charge is -2.12. The van der Waals surface area contributed by atoms with Crippen molar-refractivity contribution in [3.05, 3.63) is 51.3 Å². The van der Waals surface area contributed by atoms with E-state index < -0.39 is 0 Å². The van der Waals surface area contributed by atoms with E-state index in [4.69, 9.17) is 16.3 Å². The van der Waals surface area contributed by atoms with Crippen molar-refractivity contribution in [2.45, 2.75) is 6.54 Å². The zero-order valence-corrected chi connectivity index (χ0v) is 12.4. The van der Waals surface area contributed by atoms with E-state index in [0.29, 0.717) is 27.6 Å². The molecule has 0 fully saturated rings. The van der Waals surface area contributed by atoms with Crippen molar-refractivity contribution in [1.29, 1.82) is 0 Å². The second-order valence-corrected chi connectivity index (χ2v) is 5.03. The van der Waals surface area contributed by atoms with Crippen LogP contribution in [0.25, 0.3) is 0 Å². The molecule has 0 saturated heterocycles. The highest BCUT2D eigenvalue weighted by Crippen LogP contribution is 2.32. The van der Waals surface area contributed by atoms with Gasteiger partial charge < -0.3 is 10.1 Å². The van der Waals surface area contributed by atoms with Crippen molar-refractivity contribution in [2.24, 2.45) is 0 Å². The van der Waals surface area contributed by atoms with Crippen LogP contribution >= 0.6 is 27.5 Å². The molecule has 2 rings (SSSR count). The molecule has 1 N–H and O–H groups in total. The molecule has 0 atom stereocenters. The quantitative estimate of drug-likeness (QED) is 0.899. The Balaban J connectivity index is 2.19. The molecule has 0 bridgehead atoms. The van der Waals surface area contributed by atoms with E-state index in [1.807, 2.05) is 12.1 Å². The smallest absolute Gasteiger partial charge is 0.218 e. The van der Waals surface area contributed by atoms with Gasteiger partial charge in [-0.1, -0.05) is 17.7 Å². The predicted molar refractivity (Wildman–Crippen MR) is 77.2 cm³/mol. The molecular formula is C13H11BrClFN2O. The highest BCUT2D eigenvalue weighted by molar-refractivity contribution is 9.10. The summed E-state index contributed by atoms with van der Waals surface area (Å²) in [7, 11) is 1.56. The average molecular weight is 346 g/mol. The first kappa shape index (κ1) is 14.1. The van der Waals surface area contributed by atoms with Gasteiger partial charge in [0.2, 0.25) is 5.88 Å². The first-order chi connectivity index (χ1) is 9.11. The van der Waals surface area contributed by atoms with Gasteiger partial charge in [0.05, 0.1) is 17.8 Å². The number of pyridine rings is 1. The lowest BCUT2D eigenvalue weighted by Crippen LogP contribution is -2.04. The lowest BCUT2D eigenvalue weighted by molar-refractivity contribution is 0.393. The number of benzene rings is 1. The monoisotopic (exact) mass is 344 g/mol. The molecule has 2 aromatic rings. The normalized spacial score (nSPS) is 10.3. The summed E-state index contributed by atoms with van der Waals surface area (Å²) in [5, 5.41) is 3.45. The molecule has 0 aliphatic heterocycles. The molecule has 0 aliphatic rings. The molecule has 0 saturated carbocycles. The maximum Gasteiger partial charge on any atom is 0.218 e. The summed E-state index contributed by atoms with van der Waals surface area (Å²) >= 11 is 9.27. The number of aromatic nitrogens is 1. The van der Waals surface area contributed by atoms with Crippen LogP contribution in [0.1, 0.15) is 5.56 Å². The van der Waals surface area contributed by atoms with Crippen LogP contribution in [0, 0.1) is 5.82 Å². The first-order valence-corrected chi connectivity index (χ1v) is 6.65. The van der Waals surface area contributed by atoms with Crippen LogP contribution in [-0.2, 0) is 6.54 Å². The average Bonchev–Trinajstić information content (AvgIpc) is 2.38. The van der Waals surface area contributed by atoms with Gasteiger partial charge in [-0.25, -0.2) is 9.37 Å². The number of hydrogen-bond acceptors (Lipinski definition) is 3. The number of halogens is 3. The number of anilines is 1. The highest BCUT2D eigenvalue weighted by atomic mass is 79.9. The molecule has 1 aromatic carbocycles. The Hall–Kier alpha value is -1.33. The maximum absolute atomic E-state index is 13.1. The molecule has 0 aliphatic carbocycles.